The number of hydrogen-bond acceptors (Lipinski definition) is 25. The highest BCUT2D eigenvalue weighted by atomic mass is 32.2. The number of rotatable bonds is 40. The first-order chi connectivity index (χ1) is 57.3. The zero-order chi connectivity index (χ0) is 89.8. The molecule has 6 heterocycles. The molecule has 3 aromatic carbocycles. The minimum Gasteiger partial charge on any atom is -0.491 e. The minimum absolute atomic E-state index is 0.00821. The lowest BCUT2D eigenvalue weighted by Crippen LogP contribution is -2.58. The van der Waals surface area contributed by atoms with Gasteiger partial charge in [0.1, 0.15) is 74.7 Å². The largest absolute Gasteiger partial charge is 0.491 e. The van der Waals surface area contributed by atoms with Crippen LogP contribution in [0.4, 0.5) is 5.95 Å². The molecule has 1 aliphatic rings. The maximum Gasteiger partial charge on any atom is 0.308 e. The van der Waals surface area contributed by atoms with Gasteiger partial charge in [0, 0.05) is 99.5 Å². The number of fused-ring (bicyclic) bond motifs is 5. The van der Waals surface area contributed by atoms with Gasteiger partial charge in [-0.05, 0) is 176 Å². The van der Waals surface area contributed by atoms with E-state index < -0.39 is 135 Å². The Morgan fingerprint density at radius 2 is 1.23 bits per heavy atom. The van der Waals surface area contributed by atoms with Gasteiger partial charge in [0.05, 0.1) is 65.8 Å². The Kier molecular flexibility index (Phi) is 30.0. The summed E-state index contributed by atoms with van der Waals surface area (Å²) in [6, 6.07) is 2.45. The zero-order valence-corrected chi connectivity index (χ0v) is 72.3. The van der Waals surface area contributed by atoms with Crippen LogP contribution in [0.3, 0.4) is 0 Å². The summed E-state index contributed by atoms with van der Waals surface area (Å²) in [4.78, 5) is 152. The molecular weight excluding hydrogens is 1600 g/mol. The van der Waals surface area contributed by atoms with Crippen molar-refractivity contribution in [3.63, 3.8) is 0 Å². The predicted molar refractivity (Wildman–Crippen MR) is 450 cm³/mol. The van der Waals surface area contributed by atoms with Crippen LogP contribution in [0.2, 0.25) is 0 Å². The molecule has 9 rings (SSSR count). The average molecular weight is 1710 g/mol. The number of carboxylic acids is 1. The number of sulfonamides is 1. The molecule has 5 aromatic heterocycles. The van der Waals surface area contributed by atoms with Crippen LogP contribution in [0.1, 0.15) is 179 Å². The maximum absolute atomic E-state index is 14.8. The first kappa shape index (κ1) is 93.3. The van der Waals surface area contributed by atoms with Gasteiger partial charge >= 0.3 is 17.9 Å². The number of nitrogens with zero attached hydrogens (tertiary/aromatic N) is 9. The predicted octanol–water partition coefficient (Wildman–Crippen LogP) is 5.30. The fraction of sp³-hybridized carbons (Fsp3) is 0.488. The maximum atomic E-state index is 14.8. The standard InChI is InChI=1S/C82H110N20O19S/c1-17-101-58(32-43(3)96-101)71-89-42-52-50-34-48(69(84)107)36-60(118-31-23-29-116-16)65(50)99(72(52)94-71)27-19-20-28-100-66-55(93-79(100)95-77(113)59-33-44(4)97-102(59)18-2)35-49(70(85)108)37-61(66)117-30-22-26-87-74(110)56(39-63(105)119-80(8,9)10)91-76(112)57(40-64(106)120-81(11,12)13)92-75(111)54(90-73(109)53(83)38-62(103)104)24-21-25-88-78(86)98-122(114,115)68-46(6)45(5)67-51(47(68)7)41-82(14,15)121-67/h19-20,32-37,42,53-54,56-57H,17-18,21-31,38-41,83H2,1-16H3,(H2,84,107)(H2,85,108)(H,87,110)(H,90,109)(H,91,112)(H,92,111)(H,103,104)(H3,86,88,98)(H,93,95,113)/b20-19+/t53-,54-,56-,57-/m0/s1. The lowest BCUT2D eigenvalue weighted by Gasteiger charge is -2.27. The van der Waals surface area contributed by atoms with Crippen molar-refractivity contribution in [2.75, 3.05) is 45.3 Å². The van der Waals surface area contributed by atoms with Crippen LogP contribution < -0.4 is 68.0 Å². The normalized spacial score (nSPS) is 13.6. The Hall–Kier alpha value is -12.6. The number of carbonyl (C=O) groups is 10. The number of primary amides is 2. The summed E-state index contributed by atoms with van der Waals surface area (Å²) in [5.41, 5.74) is 21.0. The summed E-state index contributed by atoms with van der Waals surface area (Å²) < 4.78 is 72.5. The van der Waals surface area contributed by atoms with Crippen LogP contribution in [-0.4, -0.2) is 203 Å². The number of amides is 7. The molecule has 0 radical (unpaired) electrons. The number of aromatic nitrogens is 9. The second-order valence-electron chi connectivity index (χ2n) is 32.2. The monoisotopic (exact) mass is 1710 g/mol. The number of guanidine groups is 1. The van der Waals surface area contributed by atoms with Crippen molar-refractivity contribution in [2.24, 2.45) is 17.2 Å². The molecule has 0 spiro atoms. The lowest BCUT2D eigenvalue weighted by molar-refractivity contribution is -0.158. The van der Waals surface area contributed by atoms with E-state index in [1.165, 1.54) is 37.6 Å². The Morgan fingerprint density at radius 1 is 0.664 bits per heavy atom. The van der Waals surface area contributed by atoms with Gasteiger partial charge < -0.3 is 86.4 Å². The minimum atomic E-state index is -4.39. The average Bonchev–Trinajstić information content (AvgIpc) is 1.57. The summed E-state index contributed by atoms with van der Waals surface area (Å²) in [7, 11) is -2.81. The third kappa shape index (κ3) is 23.5. The molecule has 658 valence electrons. The Balaban J connectivity index is 0.971. The number of hydrogen-bond donors (Lipinski definition) is 12. The Morgan fingerprint density at radius 3 is 1.84 bits per heavy atom. The topological polar surface area (TPSA) is 551 Å². The van der Waals surface area contributed by atoms with Crippen LogP contribution >= 0.6 is 0 Å². The third-order valence-electron chi connectivity index (χ3n) is 19.5. The summed E-state index contributed by atoms with van der Waals surface area (Å²) in [5, 5.41) is 43.9. The number of allylic oxidation sites excluding steroid dienone is 2. The van der Waals surface area contributed by atoms with E-state index in [-0.39, 0.29) is 103 Å². The molecule has 8 aromatic rings. The van der Waals surface area contributed by atoms with Crippen molar-refractivity contribution in [3.05, 3.63) is 105 Å². The second-order valence-corrected chi connectivity index (χ2v) is 33.8. The van der Waals surface area contributed by atoms with Gasteiger partial charge in [-0.25, -0.2) is 28.1 Å². The molecule has 0 aliphatic carbocycles. The third-order valence-corrected chi connectivity index (χ3v) is 21.1. The van der Waals surface area contributed by atoms with Gasteiger partial charge in [0.2, 0.25) is 47.4 Å². The molecule has 39 nitrogen and oxygen atoms in total. The number of esters is 2. The number of aryl methyl sites for hydroxylation is 4. The molecule has 0 unspecified atom stereocenters. The van der Waals surface area contributed by atoms with Crippen LogP contribution in [0.25, 0.3) is 44.5 Å². The van der Waals surface area contributed by atoms with Crippen molar-refractivity contribution >= 4 is 114 Å². The SMILES string of the molecule is CCn1nc(C)cc1C(=O)Nc1nc2cc(C(N)=O)cc(OCCCNC(=O)[C@H](CC(=O)OC(C)(C)C)NC(=O)[C@H](CC(=O)OC(C)(C)C)NC(=O)[C@H](CCCNC(=N)NS(=O)(=O)c3c(C)c(C)c4c(c3C)CC(C)(C)O4)NC(=O)[C@@H](N)CC(=O)O)c2n1C/C=C/Cn1c2nc(-c3cc(C)nn3CC)ncc2c2cc(C(N)=O)cc(OCCCOC)c21. The number of methoxy groups -OCH3 is 1. The van der Waals surface area contributed by atoms with Crippen LogP contribution in [0.15, 0.2) is 59.6 Å². The molecular formula is C82H110N20O19S. The van der Waals surface area contributed by atoms with E-state index in [0.717, 1.165) is 5.69 Å². The van der Waals surface area contributed by atoms with E-state index in [1.54, 1.807) is 95.3 Å². The summed E-state index contributed by atoms with van der Waals surface area (Å²) in [6.07, 6.45) is 3.19. The van der Waals surface area contributed by atoms with Crippen molar-refractivity contribution < 1.29 is 89.9 Å². The number of ether oxygens (including phenoxy) is 6. The smallest absolute Gasteiger partial charge is 0.308 e. The molecule has 40 heteroatoms. The Bertz CT molecular complexity index is 5510. The highest BCUT2D eigenvalue weighted by Crippen LogP contribution is 2.44. The van der Waals surface area contributed by atoms with Gasteiger partial charge in [-0.2, -0.15) is 10.2 Å². The quantitative estimate of drug-likeness (QED) is 0.00762. The number of benzene rings is 3. The summed E-state index contributed by atoms with van der Waals surface area (Å²) >= 11 is 0. The van der Waals surface area contributed by atoms with Crippen molar-refractivity contribution in [1.29, 1.82) is 5.41 Å². The lowest BCUT2D eigenvalue weighted by atomic mass is 9.94. The van der Waals surface area contributed by atoms with Gasteiger partial charge in [-0.1, -0.05) is 12.2 Å². The highest BCUT2D eigenvalue weighted by Gasteiger charge is 2.39. The molecule has 122 heavy (non-hydrogen) atoms. The van der Waals surface area contributed by atoms with E-state index in [1.807, 2.05) is 51.3 Å². The first-order valence-corrected chi connectivity index (χ1v) is 41.3. The van der Waals surface area contributed by atoms with Crippen molar-refractivity contribution in [3.8, 4) is 28.8 Å². The zero-order valence-electron chi connectivity index (χ0n) is 71.5. The van der Waals surface area contributed by atoms with Gasteiger partial charge in [-0.15, -0.1) is 0 Å². The molecule has 0 saturated carbocycles. The molecule has 0 bridgehead atoms. The van der Waals surface area contributed by atoms with E-state index >= 15 is 0 Å². The van der Waals surface area contributed by atoms with Crippen molar-refractivity contribution in [1.82, 2.24) is 75.0 Å². The Labute approximate surface area is 704 Å². The molecule has 15 N–H and O–H groups in total. The number of carboxylic acid groups (broad SMARTS) is 1. The van der Waals surface area contributed by atoms with E-state index in [9.17, 15) is 61.5 Å². The number of carbonyl (C=O) groups excluding carboxylic acids is 9. The van der Waals surface area contributed by atoms with Crippen molar-refractivity contribution in [2.45, 2.75) is 227 Å². The van der Waals surface area contributed by atoms with E-state index in [0.29, 0.717) is 105 Å². The molecule has 7 amide bonds. The first-order valence-electron chi connectivity index (χ1n) is 39.8. The number of nitrogens with two attached hydrogens (primary N) is 3. The number of anilines is 1. The van der Waals surface area contributed by atoms with Crippen LogP contribution in [0.5, 0.6) is 17.2 Å². The highest BCUT2D eigenvalue weighted by molar-refractivity contribution is 7.90. The fourth-order valence-electron chi connectivity index (χ4n) is 14.0. The van der Waals surface area contributed by atoms with Gasteiger partial charge in [0.25, 0.3) is 15.9 Å². The van der Waals surface area contributed by atoms with Crippen LogP contribution in [0, 0.1) is 40.0 Å². The molecule has 1 aliphatic heterocycles. The van der Waals surface area contributed by atoms with Crippen LogP contribution in [-0.2, 0) is 90.4 Å². The van der Waals surface area contributed by atoms with E-state index in [4.69, 9.17) is 66.0 Å². The fourth-order valence-corrected chi connectivity index (χ4v) is 15.5. The summed E-state index contributed by atoms with van der Waals surface area (Å²) in [5.74, 6) is -9.29. The molecule has 0 fully saturated rings. The second kappa shape index (κ2) is 39.3. The number of nitrogens with one attached hydrogen (secondary N) is 8. The van der Waals surface area contributed by atoms with Gasteiger partial charge in [0.15, 0.2) is 5.82 Å². The van der Waals surface area contributed by atoms with E-state index in [2.05, 4.69) is 46.8 Å². The number of imidazole rings is 1. The number of aliphatic carboxylic acids is 1. The molecule has 4 atom stereocenters. The van der Waals surface area contributed by atoms with Gasteiger partial charge in [-0.3, -0.25) is 68.0 Å². The molecule has 0 saturated heterocycles. The summed E-state index contributed by atoms with van der Waals surface area (Å²) in [6.45, 7) is 26.4.